The van der Waals surface area contributed by atoms with E-state index in [4.69, 9.17) is 9.84 Å². The molecule has 1 amide bonds. The molecule has 0 aromatic rings. The van der Waals surface area contributed by atoms with Gasteiger partial charge in [0.15, 0.2) is 0 Å². The summed E-state index contributed by atoms with van der Waals surface area (Å²) >= 11 is 0. The molecule has 2 N–H and O–H groups in total. The lowest BCUT2D eigenvalue weighted by Gasteiger charge is -2.21. The fourth-order valence-electron chi connectivity index (χ4n) is 2.25. The van der Waals surface area contributed by atoms with E-state index in [0.717, 1.165) is 32.5 Å². The molecule has 0 bridgehead atoms. The number of amides is 1. The molecule has 2 unspecified atom stereocenters. The van der Waals surface area contributed by atoms with Crippen molar-refractivity contribution in [1.82, 2.24) is 5.32 Å². The zero-order chi connectivity index (χ0) is 15.2. The minimum Gasteiger partial charge on any atom is -0.480 e. The number of carboxylic acid groups (broad SMARTS) is 1. The van der Waals surface area contributed by atoms with Crippen molar-refractivity contribution in [2.24, 2.45) is 11.3 Å². The Bertz CT molecular complexity index is 329. The van der Waals surface area contributed by atoms with E-state index in [-0.39, 0.29) is 11.3 Å². The molecule has 0 spiro atoms. The van der Waals surface area contributed by atoms with Crippen molar-refractivity contribution in [3.8, 4) is 0 Å². The fourth-order valence-corrected chi connectivity index (χ4v) is 2.25. The molecule has 5 nitrogen and oxygen atoms in total. The number of carbonyl (C=O) groups is 2. The van der Waals surface area contributed by atoms with Crippen molar-refractivity contribution in [3.05, 3.63) is 0 Å². The first kappa shape index (κ1) is 17.0. The highest BCUT2D eigenvalue weighted by molar-refractivity contribution is 5.83. The third kappa shape index (κ3) is 6.89. The van der Waals surface area contributed by atoms with Gasteiger partial charge in [0.25, 0.3) is 0 Å². The third-order valence-corrected chi connectivity index (χ3v) is 3.62. The molecule has 1 saturated heterocycles. The Kier molecular flexibility index (Phi) is 6.46. The molecule has 0 aromatic heterocycles. The smallest absolute Gasteiger partial charge is 0.326 e. The van der Waals surface area contributed by atoms with Gasteiger partial charge in [-0.2, -0.15) is 0 Å². The quantitative estimate of drug-likeness (QED) is 0.752. The Morgan fingerprint density at radius 2 is 2.10 bits per heavy atom. The van der Waals surface area contributed by atoms with Gasteiger partial charge in [-0.1, -0.05) is 20.8 Å². The average molecular weight is 285 g/mol. The summed E-state index contributed by atoms with van der Waals surface area (Å²) in [6.45, 7) is 7.69. The molecular weight excluding hydrogens is 258 g/mol. The van der Waals surface area contributed by atoms with E-state index in [9.17, 15) is 9.59 Å². The first-order chi connectivity index (χ1) is 9.28. The molecule has 20 heavy (non-hydrogen) atoms. The van der Waals surface area contributed by atoms with Crippen LogP contribution in [0.25, 0.3) is 0 Å². The maximum Gasteiger partial charge on any atom is 0.326 e. The highest BCUT2D eigenvalue weighted by Gasteiger charge is 2.23. The van der Waals surface area contributed by atoms with Gasteiger partial charge in [0.05, 0.1) is 0 Å². The van der Waals surface area contributed by atoms with Crippen LogP contribution in [0.1, 0.15) is 52.9 Å². The molecule has 116 valence electrons. The van der Waals surface area contributed by atoms with Crippen molar-refractivity contribution >= 4 is 11.9 Å². The predicted molar refractivity (Wildman–Crippen MR) is 76.4 cm³/mol. The van der Waals surface area contributed by atoms with E-state index in [1.165, 1.54) is 0 Å². The van der Waals surface area contributed by atoms with E-state index in [1.54, 1.807) is 0 Å². The number of nitrogens with one attached hydrogen (secondary N) is 1. The van der Waals surface area contributed by atoms with Gasteiger partial charge in [-0.3, -0.25) is 4.79 Å². The summed E-state index contributed by atoms with van der Waals surface area (Å²) in [5.74, 6) is -0.677. The van der Waals surface area contributed by atoms with E-state index in [0.29, 0.717) is 18.8 Å². The Morgan fingerprint density at radius 3 is 2.60 bits per heavy atom. The molecule has 0 saturated carbocycles. The van der Waals surface area contributed by atoms with Crippen LogP contribution in [0.15, 0.2) is 0 Å². The first-order valence-corrected chi connectivity index (χ1v) is 7.38. The van der Waals surface area contributed by atoms with Gasteiger partial charge in [0, 0.05) is 19.6 Å². The number of hydrogen-bond donors (Lipinski definition) is 2. The summed E-state index contributed by atoms with van der Waals surface area (Å²) < 4.78 is 5.26. The molecular formula is C15H27NO4. The summed E-state index contributed by atoms with van der Waals surface area (Å²) in [6.07, 6.45) is 3.39. The molecule has 1 rings (SSSR count). The topological polar surface area (TPSA) is 75.6 Å². The summed E-state index contributed by atoms with van der Waals surface area (Å²) in [7, 11) is 0. The maximum absolute atomic E-state index is 11.8. The zero-order valence-electron chi connectivity index (χ0n) is 12.8. The van der Waals surface area contributed by atoms with Gasteiger partial charge >= 0.3 is 5.97 Å². The van der Waals surface area contributed by atoms with Crippen LogP contribution in [0.3, 0.4) is 0 Å². The van der Waals surface area contributed by atoms with Gasteiger partial charge < -0.3 is 15.2 Å². The second kappa shape index (κ2) is 7.62. The number of ether oxygens (including phenoxy) is 1. The van der Waals surface area contributed by atoms with Crippen molar-refractivity contribution < 1.29 is 19.4 Å². The largest absolute Gasteiger partial charge is 0.480 e. The summed E-state index contributed by atoms with van der Waals surface area (Å²) in [5, 5.41) is 11.8. The van der Waals surface area contributed by atoms with E-state index in [2.05, 4.69) is 26.1 Å². The van der Waals surface area contributed by atoms with Crippen LogP contribution in [0.2, 0.25) is 0 Å². The molecule has 1 fully saturated rings. The summed E-state index contributed by atoms with van der Waals surface area (Å²) in [6, 6.07) is -0.776. The Labute approximate surface area is 121 Å². The van der Waals surface area contributed by atoms with E-state index < -0.39 is 12.0 Å². The van der Waals surface area contributed by atoms with Crippen LogP contribution in [0, 0.1) is 11.3 Å². The third-order valence-electron chi connectivity index (χ3n) is 3.62. The highest BCUT2D eigenvalue weighted by Crippen LogP contribution is 2.22. The standard InChI is InChI=1S/C15H27NO4/c1-15(2,3)8-6-12(14(18)19)16-13(17)5-4-11-7-9-20-10-11/h11-12H,4-10H2,1-3H3,(H,16,17)(H,18,19). The van der Waals surface area contributed by atoms with Crippen molar-refractivity contribution in [2.45, 2.75) is 58.9 Å². The monoisotopic (exact) mass is 285 g/mol. The van der Waals surface area contributed by atoms with E-state index in [1.807, 2.05) is 0 Å². The normalized spacial score (nSPS) is 20.6. The SMILES string of the molecule is CC(C)(C)CCC(NC(=O)CCC1CCOC1)C(=O)O. The van der Waals surface area contributed by atoms with Gasteiger partial charge in [-0.15, -0.1) is 0 Å². The highest BCUT2D eigenvalue weighted by atomic mass is 16.5. The van der Waals surface area contributed by atoms with Gasteiger partial charge in [0.2, 0.25) is 5.91 Å². The second-order valence-electron chi connectivity index (χ2n) is 6.83. The van der Waals surface area contributed by atoms with Crippen LogP contribution >= 0.6 is 0 Å². The maximum atomic E-state index is 11.8. The van der Waals surface area contributed by atoms with Crippen LogP contribution in [0.5, 0.6) is 0 Å². The fraction of sp³-hybridized carbons (Fsp3) is 0.867. The molecule has 0 aromatic carbocycles. The van der Waals surface area contributed by atoms with Crippen LogP contribution < -0.4 is 5.32 Å². The Morgan fingerprint density at radius 1 is 1.40 bits per heavy atom. The molecule has 0 radical (unpaired) electrons. The number of carboxylic acids is 1. The minimum atomic E-state index is -0.952. The number of aliphatic carboxylic acids is 1. The molecule has 2 atom stereocenters. The lowest BCUT2D eigenvalue weighted by atomic mass is 9.88. The number of carbonyl (C=O) groups excluding carboxylic acids is 1. The lowest BCUT2D eigenvalue weighted by molar-refractivity contribution is -0.142. The van der Waals surface area contributed by atoms with Gasteiger partial charge in [0.1, 0.15) is 6.04 Å². The number of hydrogen-bond acceptors (Lipinski definition) is 3. The molecule has 5 heteroatoms. The summed E-state index contributed by atoms with van der Waals surface area (Å²) in [5.41, 5.74) is 0.0691. The minimum absolute atomic E-state index is 0.0691. The van der Waals surface area contributed by atoms with Gasteiger partial charge in [-0.05, 0) is 37.0 Å². The number of rotatable bonds is 7. The van der Waals surface area contributed by atoms with E-state index >= 15 is 0 Å². The zero-order valence-corrected chi connectivity index (χ0v) is 12.8. The Hall–Kier alpha value is -1.10. The Balaban J connectivity index is 2.32. The summed E-state index contributed by atoms with van der Waals surface area (Å²) in [4.78, 5) is 23.0. The van der Waals surface area contributed by atoms with Crippen LogP contribution in [-0.2, 0) is 14.3 Å². The van der Waals surface area contributed by atoms with Crippen molar-refractivity contribution in [3.63, 3.8) is 0 Å². The second-order valence-corrected chi connectivity index (χ2v) is 6.83. The van der Waals surface area contributed by atoms with Crippen molar-refractivity contribution in [1.29, 1.82) is 0 Å². The van der Waals surface area contributed by atoms with Crippen molar-refractivity contribution in [2.75, 3.05) is 13.2 Å². The molecule has 1 aliphatic rings. The molecule has 1 aliphatic heterocycles. The van der Waals surface area contributed by atoms with Crippen LogP contribution in [-0.4, -0.2) is 36.2 Å². The van der Waals surface area contributed by atoms with Crippen LogP contribution in [0.4, 0.5) is 0 Å². The lowest BCUT2D eigenvalue weighted by Crippen LogP contribution is -2.41. The molecule has 0 aliphatic carbocycles. The molecule has 1 heterocycles. The predicted octanol–water partition coefficient (Wildman–Crippen LogP) is 2.20. The first-order valence-electron chi connectivity index (χ1n) is 7.38. The average Bonchev–Trinajstić information content (AvgIpc) is 2.83. The van der Waals surface area contributed by atoms with Gasteiger partial charge in [-0.25, -0.2) is 4.79 Å².